The molecule has 0 rings (SSSR count). The van der Waals surface area contributed by atoms with Gasteiger partial charge in [0.1, 0.15) is 0 Å². The first-order valence-electron chi connectivity index (χ1n) is 4.46. The minimum absolute atomic E-state index is 0.0209. The number of nitrogens with one attached hydrogen (secondary N) is 1. The van der Waals surface area contributed by atoms with Gasteiger partial charge < -0.3 is 11.1 Å². The van der Waals surface area contributed by atoms with E-state index >= 15 is 0 Å². The third-order valence-electron chi connectivity index (χ3n) is 1.97. The molecule has 1 unspecified atom stereocenters. The molecule has 0 aliphatic rings. The summed E-state index contributed by atoms with van der Waals surface area (Å²) < 4.78 is 0. The van der Waals surface area contributed by atoms with E-state index < -0.39 is 0 Å². The highest BCUT2D eigenvalue weighted by atomic mass is 15.0. The van der Waals surface area contributed by atoms with Gasteiger partial charge in [0.25, 0.3) is 0 Å². The van der Waals surface area contributed by atoms with E-state index in [1.54, 1.807) is 0 Å². The van der Waals surface area contributed by atoms with Crippen LogP contribution in [0, 0.1) is 11.3 Å². The summed E-state index contributed by atoms with van der Waals surface area (Å²) in [7, 11) is 0. The van der Waals surface area contributed by atoms with E-state index in [1.165, 1.54) is 0 Å². The molecule has 0 bridgehead atoms. The highest BCUT2D eigenvalue weighted by molar-refractivity contribution is 4.97. The topological polar surface area (TPSA) is 38.0 Å². The zero-order chi connectivity index (χ0) is 9.94. The van der Waals surface area contributed by atoms with Gasteiger partial charge in [-0.2, -0.15) is 0 Å². The Labute approximate surface area is 76.2 Å². The van der Waals surface area contributed by atoms with Gasteiger partial charge in [0.05, 0.1) is 6.17 Å². The number of allylic oxidation sites excluding steroid dienone is 1. The second-order valence-corrected chi connectivity index (χ2v) is 4.67. The largest absolute Gasteiger partial charge is 0.373 e. The number of rotatable bonds is 3. The summed E-state index contributed by atoms with van der Waals surface area (Å²) in [5, 5.41) is 3.20. The van der Waals surface area contributed by atoms with Gasteiger partial charge in [-0.1, -0.05) is 41.2 Å². The van der Waals surface area contributed by atoms with Gasteiger partial charge >= 0.3 is 0 Å². The van der Waals surface area contributed by atoms with E-state index in [2.05, 4.69) is 46.5 Å². The molecule has 0 aromatic carbocycles. The average molecular weight is 170 g/mol. The highest BCUT2D eigenvalue weighted by Crippen LogP contribution is 2.17. The fourth-order valence-electron chi connectivity index (χ4n) is 0.583. The van der Waals surface area contributed by atoms with Crippen molar-refractivity contribution in [3.8, 4) is 0 Å². The highest BCUT2D eigenvalue weighted by Gasteiger charge is 2.20. The van der Waals surface area contributed by atoms with Crippen LogP contribution in [0.1, 0.15) is 34.6 Å². The van der Waals surface area contributed by atoms with Crippen molar-refractivity contribution in [3.05, 3.63) is 12.3 Å². The molecule has 0 saturated heterocycles. The quantitative estimate of drug-likeness (QED) is 0.636. The molecule has 0 aromatic heterocycles. The van der Waals surface area contributed by atoms with Crippen molar-refractivity contribution >= 4 is 0 Å². The van der Waals surface area contributed by atoms with E-state index in [9.17, 15) is 0 Å². The molecule has 1 atom stereocenters. The molecule has 0 aromatic rings. The number of hydrogen-bond acceptors (Lipinski definition) is 2. The lowest BCUT2D eigenvalue weighted by atomic mass is 9.92. The molecule has 0 radical (unpaired) electrons. The Hall–Kier alpha value is -0.500. The standard InChI is InChI=1S/C10H22N2/c1-7(2)8(3)12-9(11)10(4,5)6/h7,9,12H,3,11H2,1-2,4-6H3. The fourth-order valence-corrected chi connectivity index (χ4v) is 0.583. The lowest BCUT2D eigenvalue weighted by Crippen LogP contribution is -2.47. The van der Waals surface area contributed by atoms with Gasteiger partial charge in [-0.25, -0.2) is 0 Å². The van der Waals surface area contributed by atoms with Crippen LogP contribution >= 0.6 is 0 Å². The van der Waals surface area contributed by atoms with Gasteiger partial charge in [0, 0.05) is 5.70 Å². The van der Waals surface area contributed by atoms with Gasteiger partial charge in [-0.15, -0.1) is 0 Å². The molecule has 0 aliphatic carbocycles. The predicted octanol–water partition coefficient (Wildman–Crippen LogP) is 2.08. The zero-order valence-corrected chi connectivity index (χ0v) is 8.94. The third-order valence-corrected chi connectivity index (χ3v) is 1.97. The maximum absolute atomic E-state index is 5.92. The first kappa shape index (κ1) is 11.5. The second kappa shape index (κ2) is 3.94. The Balaban J connectivity index is 4.02. The number of hydrogen-bond donors (Lipinski definition) is 2. The van der Waals surface area contributed by atoms with Crippen LogP contribution in [0.5, 0.6) is 0 Å². The summed E-state index contributed by atoms with van der Waals surface area (Å²) in [5.74, 6) is 0.443. The van der Waals surface area contributed by atoms with Gasteiger partial charge in [0.2, 0.25) is 0 Å². The van der Waals surface area contributed by atoms with Crippen LogP contribution in [-0.4, -0.2) is 6.17 Å². The maximum atomic E-state index is 5.92. The molecule has 0 heterocycles. The maximum Gasteiger partial charge on any atom is 0.0789 e. The molecule has 12 heavy (non-hydrogen) atoms. The Morgan fingerprint density at radius 1 is 1.33 bits per heavy atom. The van der Waals surface area contributed by atoms with Gasteiger partial charge in [0.15, 0.2) is 0 Å². The molecule has 0 amide bonds. The van der Waals surface area contributed by atoms with E-state index in [0.717, 1.165) is 5.70 Å². The van der Waals surface area contributed by atoms with Crippen molar-refractivity contribution < 1.29 is 0 Å². The molecule has 0 aliphatic heterocycles. The SMILES string of the molecule is C=C(NC(N)C(C)(C)C)C(C)C. The molecule has 2 heteroatoms. The molecule has 3 N–H and O–H groups in total. The van der Waals surface area contributed by atoms with E-state index in [0.29, 0.717) is 5.92 Å². The number of nitrogens with two attached hydrogens (primary N) is 1. The lowest BCUT2D eigenvalue weighted by molar-refractivity contribution is 0.285. The first-order chi connectivity index (χ1) is 5.25. The summed E-state index contributed by atoms with van der Waals surface area (Å²) in [6.07, 6.45) is -0.0209. The Morgan fingerprint density at radius 2 is 1.75 bits per heavy atom. The Kier molecular flexibility index (Phi) is 3.78. The van der Waals surface area contributed by atoms with Crippen LogP contribution in [0.15, 0.2) is 12.3 Å². The van der Waals surface area contributed by atoms with E-state index in [1.807, 2.05) is 0 Å². The van der Waals surface area contributed by atoms with Crippen molar-refractivity contribution in [2.45, 2.75) is 40.8 Å². The molecule has 0 spiro atoms. The summed E-state index contributed by atoms with van der Waals surface area (Å²) in [4.78, 5) is 0. The Bertz CT molecular complexity index is 154. The van der Waals surface area contributed by atoms with Crippen molar-refractivity contribution in [1.29, 1.82) is 0 Å². The molecule has 2 nitrogen and oxygen atoms in total. The smallest absolute Gasteiger partial charge is 0.0789 e. The van der Waals surface area contributed by atoms with Crippen LogP contribution in [0.25, 0.3) is 0 Å². The molecule has 72 valence electrons. The van der Waals surface area contributed by atoms with Crippen molar-refractivity contribution in [1.82, 2.24) is 5.32 Å². The van der Waals surface area contributed by atoms with Gasteiger partial charge in [-0.05, 0) is 11.3 Å². The fraction of sp³-hybridized carbons (Fsp3) is 0.800. The molecular formula is C10H22N2. The van der Waals surface area contributed by atoms with Crippen LogP contribution in [-0.2, 0) is 0 Å². The van der Waals surface area contributed by atoms with Crippen molar-refractivity contribution in [3.63, 3.8) is 0 Å². The minimum atomic E-state index is -0.0209. The Morgan fingerprint density at radius 3 is 2.00 bits per heavy atom. The normalized spacial score (nSPS) is 14.6. The first-order valence-corrected chi connectivity index (χ1v) is 4.46. The van der Waals surface area contributed by atoms with E-state index in [4.69, 9.17) is 5.73 Å². The predicted molar refractivity (Wildman–Crippen MR) is 54.5 cm³/mol. The lowest BCUT2D eigenvalue weighted by Gasteiger charge is -2.30. The third kappa shape index (κ3) is 3.77. The summed E-state index contributed by atoms with van der Waals surface area (Å²) in [6.45, 7) is 14.4. The molecule has 0 fully saturated rings. The van der Waals surface area contributed by atoms with Crippen molar-refractivity contribution in [2.75, 3.05) is 0 Å². The van der Waals surface area contributed by atoms with Crippen molar-refractivity contribution in [2.24, 2.45) is 17.1 Å². The van der Waals surface area contributed by atoms with Crippen LogP contribution in [0.2, 0.25) is 0 Å². The van der Waals surface area contributed by atoms with Gasteiger partial charge in [-0.3, -0.25) is 0 Å². The monoisotopic (exact) mass is 170 g/mol. The second-order valence-electron chi connectivity index (χ2n) is 4.67. The average Bonchev–Trinajstić information content (AvgIpc) is 1.85. The van der Waals surface area contributed by atoms with E-state index in [-0.39, 0.29) is 11.6 Å². The molecular weight excluding hydrogens is 148 g/mol. The zero-order valence-electron chi connectivity index (χ0n) is 8.94. The van der Waals surface area contributed by atoms with Crippen LogP contribution in [0.4, 0.5) is 0 Å². The summed E-state index contributed by atoms with van der Waals surface area (Å²) in [5.41, 5.74) is 7.01. The summed E-state index contributed by atoms with van der Waals surface area (Å²) in [6, 6.07) is 0. The summed E-state index contributed by atoms with van der Waals surface area (Å²) >= 11 is 0. The molecule has 0 saturated carbocycles. The minimum Gasteiger partial charge on any atom is -0.373 e. The van der Waals surface area contributed by atoms with Crippen LogP contribution < -0.4 is 11.1 Å². The van der Waals surface area contributed by atoms with Crippen LogP contribution in [0.3, 0.4) is 0 Å².